The average Bonchev–Trinajstić information content (AvgIpc) is 2.79. The lowest BCUT2D eigenvalue weighted by molar-refractivity contribution is 0.121. The number of carbonyl (C=O) groups is 1. The quantitative estimate of drug-likeness (QED) is 0.629. The van der Waals surface area contributed by atoms with Crippen LogP contribution in [-0.2, 0) is 6.54 Å². The van der Waals surface area contributed by atoms with Crippen LogP contribution in [0.2, 0.25) is 0 Å². The van der Waals surface area contributed by atoms with Gasteiger partial charge in [0.25, 0.3) is 0 Å². The fraction of sp³-hybridized carbons (Fsp3) is 0.360. The average molecular weight is 423 g/mol. The summed E-state index contributed by atoms with van der Waals surface area (Å²) in [5, 5.41) is 0. The van der Waals surface area contributed by atoms with Crippen molar-refractivity contribution in [1.82, 2.24) is 14.7 Å². The largest absolute Gasteiger partial charge is 0.324 e. The third-order valence-corrected chi connectivity index (χ3v) is 5.91. The van der Waals surface area contributed by atoms with Gasteiger partial charge < -0.3 is 9.80 Å². The monoisotopic (exact) mass is 422 g/mol. The van der Waals surface area contributed by atoms with E-state index in [1.807, 2.05) is 13.1 Å². The molecule has 0 N–H and O–H groups in total. The number of benzene rings is 2. The molecule has 0 spiro atoms. The highest BCUT2D eigenvalue weighted by atomic mass is 19.1. The van der Waals surface area contributed by atoms with Gasteiger partial charge in [-0.25, -0.2) is 9.18 Å². The van der Waals surface area contributed by atoms with E-state index in [1.165, 1.54) is 16.5 Å². The minimum atomic E-state index is -0.305. The van der Waals surface area contributed by atoms with Crippen molar-refractivity contribution in [3.8, 4) is 0 Å². The number of hydrogen-bond donors (Lipinski definition) is 0. The van der Waals surface area contributed by atoms with Gasteiger partial charge >= 0.3 is 6.03 Å². The second-order valence-corrected chi connectivity index (χ2v) is 8.13. The van der Waals surface area contributed by atoms with Gasteiger partial charge in [-0.1, -0.05) is 42.5 Å². The van der Waals surface area contributed by atoms with Crippen LogP contribution in [0.3, 0.4) is 0 Å². The van der Waals surface area contributed by atoms with Gasteiger partial charge in [0.15, 0.2) is 0 Å². The predicted octanol–water partition coefficient (Wildman–Crippen LogP) is 4.78. The zero-order chi connectivity index (χ0) is 22.4. The molecule has 0 saturated carbocycles. The molecule has 0 aromatic heterocycles. The summed E-state index contributed by atoms with van der Waals surface area (Å²) in [7, 11) is 3.54. The van der Waals surface area contributed by atoms with Crippen LogP contribution in [-0.4, -0.2) is 60.7 Å². The molecule has 1 aliphatic heterocycles. The van der Waals surface area contributed by atoms with E-state index >= 15 is 0 Å². The normalized spacial score (nSPS) is 15.5. The maximum absolute atomic E-state index is 13.9. The summed E-state index contributed by atoms with van der Waals surface area (Å²) in [5.74, 6) is -0.305. The van der Waals surface area contributed by atoms with Gasteiger partial charge in [-0.3, -0.25) is 9.89 Å². The lowest BCUT2D eigenvalue weighted by Crippen LogP contribution is -2.48. The number of amides is 2. The molecular formula is C25H31FN4O. The molecule has 1 saturated heterocycles. The second kappa shape index (κ2) is 10.4. The summed E-state index contributed by atoms with van der Waals surface area (Å²) in [5.41, 5.74) is 2.93. The molecule has 0 bridgehead atoms. The van der Waals surface area contributed by atoms with Crippen molar-refractivity contribution in [2.75, 3.05) is 27.2 Å². The van der Waals surface area contributed by atoms with Crippen LogP contribution in [0.15, 0.2) is 59.7 Å². The van der Waals surface area contributed by atoms with Gasteiger partial charge in [-0.05, 0) is 43.7 Å². The highest BCUT2D eigenvalue weighted by Gasteiger charge is 2.26. The molecule has 2 aromatic carbocycles. The zero-order valence-electron chi connectivity index (χ0n) is 18.6. The molecule has 1 aliphatic rings. The predicted molar refractivity (Wildman–Crippen MR) is 124 cm³/mol. The number of aryl methyl sites for hydroxylation is 1. The van der Waals surface area contributed by atoms with E-state index in [4.69, 9.17) is 0 Å². The first-order valence-corrected chi connectivity index (χ1v) is 10.6. The standard InChI is InChI=1S/C25H31FN4O/c1-19-10-11-21(16-23(19)26)24(27-2)18-28(3)25(31)29(4)22-12-14-30(15-13-22)17-20-8-6-5-7-9-20/h5-11,16,18,22H,2,12-15,17H2,1,3-4H3. The van der Waals surface area contributed by atoms with Gasteiger partial charge in [-0.2, -0.15) is 0 Å². The first-order chi connectivity index (χ1) is 14.9. The molecule has 5 nitrogen and oxygen atoms in total. The Morgan fingerprint density at radius 3 is 2.48 bits per heavy atom. The summed E-state index contributed by atoms with van der Waals surface area (Å²) in [6.45, 7) is 8.14. The first-order valence-electron chi connectivity index (χ1n) is 10.6. The number of piperidine rings is 1. The van der Waals surface area contributed by atoms with Crippen LogP contribution in [0.25, 0.3) is 5.70 Å². The van der Waals surface area contributed by atoms with E-state index in [0.717, 1.165) is 32.5 Å². The van der Waals surface area contributed by atoms with Crippen molar-refractivity contribution in [3.05, 3.63) is 77.2 Å². The molecule has 3 rings (SSSR count). The summed E-state index contributed by atoms with van der Waals surface area (Å²) in [6, 6.07) is 15.4. The number of hydrogen-bond acceptors (Lipinski definition) is 3. The lowest BCUT2D eigenvalue weighted by atomic mass is 10.0. The van der Waals surface area contributed by atoms with Gasteiger partial charge in [-0.15, -0.1) is 0 Å². The molecule has 6 heteroatoms. The number of aliphatic imine (C=N–C) groups is 1. The van der Waals surface area contributed by atoms with Crippen molar-refractivity contribution < 1.29 is 9.18 Å². The topological polar surface area (TPSA) is 39.2 Å². The number of rotatable bonds is 6. The van der Waals surface area contributed by atoms with Crippen molar-refractivity contribution in [2.45, 2.75) is 32.4 Å². The van der Waals surface area contributed by atoms with Crippen molar-refractivity contribution in [1.29, 1.82) is 0 Å². The van der Waals surface area contributed by atoms with Crippen LogP contribution < -0.4 is 0 Å². The number of urea groups is 1. The molecule has 0 atom stereocenters. The Labute approximate surface area is 184 Å². The molecule has 164 valence electrons. The maximum atomic E-state index is 13.9. The summed E-state index contributed by atoms with van der Waals surface area (Å²) < 4.78 is 13.9. The van der Waals surface area contributed by atoms with Crippen LogP contribution in [0.5, 0.6) is 0 Å². The summed E-state index contributed by atoms with van der Waals surface area (Å²) in [4.78, 5) is 22.7. The van der Waals surface area contributed by atoms with Gasteiger partial charge in [0, 0.05) is 51.5 Å². The van der Waals surface area contributed by atoms with Crippen LogP contribution in [0.4, 0.5) is 9.18 Å². The molecule has 2 amide bonds. The van der Waals surface area contributed by atoms with Gasteiger partial charge in [0.1, 0.15) is 5.82 Å². The van der Waals surface area contributed by atoms with E-state index in [1.54, 1.807) is 37.2 Å². The van der Waals surface area contributed by atoms with Crippen LogP contribution in [0.1, 0.15) is 29.5 Å². The highest BCUT2D eigenvalue weighted by molar-refractivity contribution is 5.78. The molecule has 0 radical (unpaired) electrons. The van der Waals surface area contributed by atoms with Gasteiger partial charge in [0.05, 0.1) is 5.70 Å². The molecule has 1 fully saturated rings. The van der Waals surface area contributed by atoms with Crippen LogP contribution >= 0.6 is 0 Å². The van der Waals surface area contributed by atoms with E-state index in [9.17, 15) is 9.18 Å². The van der Waals surface area contributed by atoms with E-state index in [0.29, 0.717) is 16.8 Å². The Morgan fingerprint density at radius 2 is 1.87 bits per heavy atom. The van der Waals surface area contributed by atoms with E-state index in [2.05, 4.69) is 40.9 Å². The third kappa shape index (κ3) is 5.79. The highest BCUT2D eigenvalue weighted by Crippen LogP contribution is 2.21. The third-order valence-electron chi connectivity index (χ3n) is 5.91. The Hall–Kier alpha value is -2.99. The molecule has 2 aromatic rings. The maximum Gasteiger partial charge on any atom is 0.323 e. The van der Waals surface area contributed by atoms with E-state index in [-0.39, 0.29) is 17.9 Å². The summed E-state index contributed by atoms with van der Waals surface area (Å²) in [6.07, 6.45) is 3.48. The van der Waals surface area contributed by atoms with E-state index < -0.39 is 0 Å². The van der Waals surface area contributed by atoms with Crippen LogP contribution in [0, 0.1) is 12.7 Å². The Morgan fingerprint density at radius 1 is 1.19 bits per heavy atom. The second-order valence-electron chi connectivity index (χ2n) is 8.13. The molecular weight excluding hydrogens is 391 g/mol. The van der Waals surface area contributed by atoms with Crippen molar-refractivity contribution in [3.63, 3.8) is 0 Å². The summed E-state index contributed by atoms with van der Waals surface area (Å²) >= 11 is 0. The number of halogens is 1. The zero-order valence-corrected chi connectivity index (χ0v) is 18.6. The number of nitrogens with zero attached hydrogens (tertiary/aromatic N) is 4. The Balaban J connectivity index is 1.59. The fourth-order valence-electron chi connectivity index (χ4n) is 3.91. The smallest absolute Gasteiger partial charge is 0.323 e. The molecule has 1 heterocycles. The first kappa shape index (κ1) is 22.7. The van der Waals surface area contributed by atoms with Crippen molar-refractivity contribution in [2.24, 2.45) is 4.99 Å². The Kier molecular flexibility index (Phi) is 7.58. The molecule has 0 unspecified atom stereocenters. The molecule has 0 aliphatic carbocycles. The molecule has 31 heavy (non-hydrogen) atoms. The fourth-order valence-corrected chi connectivity index (χ4v) is 3.91. The number of carbonyl (C=O) groups excluding carboxylic acids is 1. The number of likely N-dealkylation sites (tertiary alicyclic amines) is 1. The minimum absolute atomic E-state index is 0.116. The Bertz CT molecular complexity index is 936. The van der Waals surface area contributed by atoms with Gasteiger partial charge in [0.2, 0.25) is 0 Å². The SMILES string of the molecule is C=NC(=CN(C)C(=O)N(C)C1CCN(Cc2ccccc2)CC1)c1ccc(C)c(F)c1. The van der Waals surface area contributed by atoms with Crippen molar-refractivity contribution >= 4 is 18.4 Å². The lowest BCUT2D eigenvalue weighted by Gasteiger charge is -2.37. The minimum Gasteiger partial charge on any atom is -0.324 e.